The first kappa shape index (κ1) is 28.1. The van der Waals surface area contributed by atoms with E-state index in [0.29, 0.717) is 13.2 Å². The van der Waals surface area contributed by atoms with Gasteiger partial charge in [0.05, 0.1) is 18.3 Å². The van der Waals surface area contributed by atoms with E-state index in [1.807, 2.05) is 49.4 Å². The van der Waals surface area contributed by atoms with Crippen LogP contribution in [0, 0.1) is 6.92 Å². The van der Waals surface area contributed by atoms with Gasteiger partial charge < -0.3 is 24.0 Å². The van der Waals surface area contributed by atoms with Gasteiger partial charge in [-0.1, -0.05) is 31.2 Å². The fourth-order valence-electron chi connectivity index (χ4n) is 5.51. The van der Waals surface area contributed by atoms with Gasteiger partial charge in [-0.05, 0) is 74.4 Å². The molecule has 3 aromatic carbocycles. The molecule has 3 heterocycles. The molecule has 4 aromatic rings. The summed E-state index contributed by atoms with van der Waals surface area (Å²) in [5.74, 6) is 0.828. The van der Waals surface area contributed by atoms with Crippen molar-refractivity contribution in [2.24, 2.45) is 0 Å². The van der Waals surface area contributed by atoms with Crippen LogP contribution in [0.3, 0.4) is 0 Å². The van der Waals surface area contributed by atoms with Crippen LogP contribution < -0.4 is 20.2 Å². The molecule has 9 nitrogen and oxygen atoms in total. The van der Waals surface area contributed by atoms with E-state index in [0.717, 1.165) is 60.9 Å². The quantitative estimate of drug-likeness (QED) is 0.277. The lowest BCUT2D eigenvalue weighted by molar-refractivity contribution is -0.0662. The molecule has 0 aliphatic carbocycles. The summed E-state index contributed by atoms with van der Waals surface area (Å²) in [5.41, 5.74) is 5.32. The smallest absolute Gasteiger partial charge is 0.350 e. The topological polar surface area (TPSA) is 74.0 Å². The molecule has 1 aromatic heterocycles. The summed E-state index contributed by atoms with van der Waals surface area (Å²) in [6.07, 6.45) is 2.04. The van der Waals surface area contributed by atoms with Gasteiger partial charge in [0, 0.05) is 43.1 Å². The number of aryl methyl sites for hydroxylation is 1. The summed E-state index contributed by atoms with van der Waals surface area (Å²) in [6.45, 7) is 10.8. The Morgan fingerprint density at radius 3 is 2.17 bits per heavy atom. The second-order valence-electron chi connectivity index (χ2n) is 11.1. The van der Waals surface area contributed by atoms with Crippen LogP contribution in [-0.2, 0) is 9.47 Å². The molecular formula is C33H39N5O4. The normalized spacial score (nSPS) is 19.7. The van der Waals surface area contributed by atoms with Crippen LogP contribution in [0.2, 0.25) is 0 Å². The fourth-order valence-corrected chi connectivity index (χ4v) is 5.51. The minimum Gasteiger partial charge on any atom is -0.491 e. The van der Waals surface area contributed by atoms with Crippen molar-refractivity contribution in [2.75, 3.05) is 49.2 Å². The Kier molecular flexibility index (Phi) is 8.30. The number of rotatable bonds is 9. The van der Waals surface area contributed by atoms with E-state index in [9.17, 15) is 4.79 Å². The first-order chi connectivity index (χ1) is 20.5. The summed E-state index contributed by atoms with van der Waals surface area (Å²) < 4.78 is 21.1. The summed E-state index contributed by atoms with van der Waals surface area (Å²) >= 11 is 0. The zero-order valence-electron chi connectivity index (χ0n) is 24.6. The standard InChI is InChI=1S/C33H39N5O4/c1-4-25(3)38-33(39)37(23-34-38)28-11-9-26(10-12-28)35-17-19-36(20-18-35)27-13-15-29(16-14-27)40-21-30-22-41-32(42-30)31-8-6-5-7-24(31)2/h5-16,23,25,30,32H,4,17-22H2,1-3H3/t25?,30-,32-/m1/s1. The van der Waals surface area contributed by atoms with E-state index in [2.05, 4.69) is 59.1 Å². The van der Waals surface area contributed by atoms with Crippen LogP contribution in [0.15, 0.2) is 83.9 Å². The molecule has 9 heteroatoms. The molecule has 3 atom stereocenters. The molecule has 2 fully saturated rings. The minimum atomic E-state index is -0.331. The number of hydrogen-bond acceptors (Lipinski definition) is 7. The first-order valence-electron chi connectivity index (χ1n) is 14.8. The Balaban J connectivity index is 0.984. The van der Waals surface area contributed by atoms with Crippen molar-refractivity contribution in [3.8, 4) is 11.4 Å². The van der Waals surface area contributed by atoms with Crippen molar-refractivity contribution in [3.05, 3.63) is 101 Å². The molecule has 42 heavy (non-hydrogen) atoms. The Morgan fingerprint density at radius 2 is 1.52 bits per heavy atom. The lowest BCUT2D eigenvalue weighted by Gasteiger charge is -2.37. The SMILES string of the molecule is CCC(C)n1ncn(-c2ccc(N3CCN(c4ccc(OC[C@@H]5CO[C@@H](c6ccccc6C)O5)cc4)CC3)cc2)c1=O. The van der Waals surface area contributed by atoms with E-state index in [4.69, 9.17) is 14.2 Å². The molecule has 0 saturated carbocycles. The van der Waals surface area contributed by atoms with Gasteiger partial charge >= 0.3 is 5.69 Å². The molecule has 0 amide bonds. The second-order valence-corrected chi connectivity index (χ2v) is 11.1. The molecule has 0 radical (unpaired) electrons. The van der Waals surface area contributed by atoms with E-state index >= 15 is 0 Å². The van der Waals surface area contributed by atoms with Crippen molar-refractivity contribution in [1.29, 1.82) is 0 Å². The van der Waals surface area contributed by atoms with Crippen molar-refractivity contribution >= 4 is 11.4 Å². The minimum absolute atomic E-state index is 0.0809. The van der Waals surface area contributed by atoms with Crippen LogP contribution in [-0.4, -0.2) is 59.8 Å². The van der Waals surface area contributed by atoms with Crippen LogP contribution in [0.1, 0.15) is 43.7 Å². The average molecular weight is 570 g/mol. The summed E-state index contributed by atoms with van der Waals surface area (Å²) in [5, 5.41) is 4.29. The summed E-state index contributed by atoms with van der Waals surface area (Å²) in [6, 6.07) is 24.7. The number of anilines is 2. The number of aromatic nitrogens is 3. The predicted molar refractivity (Wildman–Crippen MR) is 164 cm³/mol. The van der Waals surface area contributed by atoms with E-state index < -0.39 is 0 Å². The van der Waals surface area contributed by atoms with Crippen LogP contribution in [0.4, 0.5) is 11.4 Å². The lowest BCUT2D eigenvalue weighted by atomic mass is 10.1. The monoisotopic (exact) mass is 569 g/mol. The Hall–Kier alpha value is -4.08. The molecule has 0 N–H and O–H groups in total. The maximum absolute atomic E-state index is 12.7. The molecule has 0 bridgehead atoms. The van der Waals surface area contributed by atoms with Gasteiger partial charge in [-0.3, -0.25) is 0 Å². The van der Waals surface area contributed by atoms with Gasteiger partial charge in [0.15, 0.2) is 6.29 Å². The van der Waals surface area contributed by atoms with Gasteiger partial charge in [0.1, 0.15) is 24.8 Å². The number of benzene rings is 3. The van der Waals surface area contributed by atoms with E-state index in [1.54, 1.807) is 15.6 Å². The zero-order valence-corrected chi connectivity index (χ0v) is 24.6. The van der Waals surface area contributed by atoms with Crippen LogP contribution >= 0.6 is 0 Å². The Bertz CT molecular complexity index is 1520. The van der Waals surface area contributed by atoms with Crippen LogP contribution in [0.25, 0.3) is 5.69 Å². The highest BCUT2D eigenvalue weighted by Gasteiger charge is 2.28. The largest absolute Gasteiger partial charge is 0.491 e. The second kappa shape index (κ2) is 12.4. The molecule has 0 spiro atoms. The Morgan fingerprint density at radius 1 is 0.905 bits per heavy atom. The molecule has 6 rings (SSSR count). The third-order valence-corrected chi connectivity index (χ3v) is 8.30. The highest BCUT2D eigenvalue weighted by atomic mass is 16.7. The molecule has 2 saturated heterocycles. The first-order valence-corrected chi connectivity index (χ1v) is 14.8. The number of hydrogen-bond donors (Lipinski definition) is 0. The predicted octanol–water partition coefficient (Wildman–Crippen LogP) is 5.13. The van der Waals surface area contributed by atoms with Crippen LogP contribution in [0.5, 0.6) is 5.75 Å². The van der Waals surface area contributed by atoms with E-state index in [1.165, 1.54) is 5.69 Å². The van der Waals surface area contributed by atoms with Crippen molar-refractivity contribution < 1.29 is 14.2 Å². The molecule has 2 aliphatic heterocycles. The van der Waals surface area contributed by atoms with Crippen molar-refractivity contribution in [1.82, 2.24) is 14.3 Å². The number of nitrogens with zero attached hydrogens (tertiary/aromatic N) is 5. The van der Waals surface area contributed by atoms with Gasteiger partial charge in [0.2, 0.25) is 0 Å². The molecule has 220 valence electrons. The van der Waals surface area contributed by atoms with Crippen molar-refractivity contribution in [3.63, 3.8) is 0 Å². The summed E-state index contributed by atoms with van der Waals surface area (Å²) in [7, 11) is 0. The zero-order chi connectivity index (χ0) is 29.1. The lowest BCUT2D eigenvalue weighted by Crippen LogP contribution is -2.46. The molecule has 2 aliphatic rings. The maximum atomic E-state index is 12.7. The molecular weight excluding hydrogens is 530 g/mol. The summed E-state index contributed by atoms with van der Waals surface area (Å²) in [4.78, 5) is 17.5. The highest BCUT2D eigenvalue weighted by Crippen LogP contribution is 2.30. The van der Waals surface area contributed by atoms with Gasteiger partial charge in [0.25, 0.3) is 0 Å². The van der Waals surface area contributed by atoms with Gasteiger partial charge in [-0.2, -0.15) is 5.10 Å². The highest BCUT2D eigenvalue weighted by molar-refractivity contribution is 5.54. The number of piperazine rings is 1. The maximum Gasteiger partial charge on any atom is 0.350 e. The van der Waals surface area contributed by atoms with Gasteiger partial charge in [-0.15, -0.1) is 0 Å². The van der Waals surface area contributed by atoms with Gasteiger partial charge in [-0.25, -0.2) is 14.0 Å². The number of ether oxygens (including phenoxy) is 3. The third-order valence-electron chi connectivity index (χ3n) is 8.30. The fraction of sp³-hybridized carbons (Fsp3) is 0.394. The van der Waals surface area contributed by atoms with E-state index in [-0.39, 0.29) is 24.1 Å². The van der Waals surface area contributed by atoms with Crippen molar-refractivity contribution in [2.45, 2.75) is 45.6 Å². The molecule has 1 unspecified atom stereocenters. The average Bonchev–Trinajstić information content (AvgIpc) is 3.67. The third kappa shape index (κ3) is 5.93. The Labute approximate surface area is 246 Å².